The number of hydrogen-bond donors (Lipinski definition) is 2. The number of anilines is 1. The molecule has 0 aliphatic carbocycles. The maximum Gasteiger partial charge on any atom is 0.478 e. The zero-order chi connectivity index (χ0) is 13.0. The van der Waals surface area contributed by atoms with Crippen molar-refractivity contribution in [2.75, 3.05) is 5.32 Å². The van der Waals surface area contributed by atoms with Crippen LogP contribution in [0.25, 0.3) is 0 Å². The Hall–Kier alpha value is -1.40. The number of pyridine rings is 1. The maximum absolute atomic E-state index is 11.0. The molecule has 1 aromatic heterocycles. The second kappa shape index (κ2) is 5.97. The predicted molar refractivity (Wildman–Crippen MR) is 69.0 cm³/mol. The highest BCUT2D eigenvalue weighted by atomic mass is 16.5. The van der Waals surface area contributed by atoms with Gasteiger partial charge in [-0.1, -0.05) is 6.07 Å². The van der Waals surface area contributed by atoms with Gasteiger partial charge in [0.2, 0.25) is 0 Å². The number of nitrogens with one attached hydrogen (secondary N) is 1. The molecule has 2 N–H and O–H groups in total. The third kappa shape index (κ3) is 3.55. The molecule has 2 heterocycles. The molecule has 0 bridgehead atoms. The van der Waals surface area contributed by atoms with Crippen LogP contribution in [0.15, 0.2) is 24.4 Å². The van der Waals surface area contributed by atoms with E-state index in [4.69, 9.17) is 4.65 Å². The van der Waals surface area contributed by atoms with Crippen molar-refractivity contribution in [3.8, 4) is 0 Å². The lowest BCUT2D eigenvalue weighted by Crippen LogP contribution is -2.47. The van der Waals surface area contributed by atoms with Crippen molar-refractivity contribution in [1.29, 1.82) is 0 Å². The van der Waals surface area contributed by atoms with E-state index in [1.165, 1.54) is 6.92 Å². The predicted octanol–water partition coefficient (Wildman–Crippen LogP) is 1.04. The molecule has 0 saturated carbocycles. The van der Waals surface area contributed by atoms with E-state index in [0.717, 1.165) is 18.7 Å². The summed E-state index contributed by atoms with van der Waals surface area (Å²) in [6, 6.07) is 5.56. The van der Waals surface area contributed by atoms with Crippen molar-refractivity contribution in [1.82, 2.24) is 4.98 Å². The standard InChI is InChI=1S/C12H17BN2O3/c1-9(16)8-10-5-6-11(13(17)18-10)15-12-4-2-3-7-14-12/h2-4,7,10-11,17H,5-6,8H2,1H3,(H,14,15)/t10-,11-/m0/s1. The summed E-state index contributed by atoms with van der Waals surface area (Å²) in [4.78, 5) is 15.1. The molecule has 96 valence electrons. The SMILES string of the molecule is CC(=O)C[C@@H]1CC[C@H](Nc2ccccn2)B(O)O1. The first-order chi connectivity index (χ1) is 8.65. The fourth-order valence-electron chi connectivity index (χ4n) is 2.12. The zero-order valence-electron chi connectivity index (χ0n) is 10.4. The van der Waals surface area contributed by atoms with Gasteiger partial charge in [0, 0.05) is 18.7 Å². The second-order valence-electron chi connectivity index (χ2n) is 4.60. The Balaban J connectivity index is 1.88. The first kappa shape index (κ1) is 13.0. The van der Waals surface area contributed by atoms with Gasteiger partial charge in [0.1, 0.15) is 11.6 Å². The van der Waals surface area contributed by atoms with Gasteiger partial charge < -0.3 is 15.0 Å². The number of Topliss-reactive ketones (excluding diaryl/α,β-unsaturated/α-hetero) is 1. The van der Waals surface area contributed by atoms with Crippen LogP contribution in [0.4, 0.5) is 5.82 Å². The fourth-order valence-corrected chi connectivity index (χ4v) is 2.12. The molecule has 1 aliphatic rings. The van der Waals surface area contributed by atoms with Crippen molar-refractivity contribution in [2.24, 2.45) is 0 Å². The molecule has 6 heteroatoms. The van der Waals surface area contributed by atoms with Gasteiger partial charge in [-0.2, -0.15) is 0 Å². The van der Waals surface area contributed by atoms with E-state index in [-0.39, 0.29) is 17.8 Å². The van der Waals surface area contributed by atoms with Gasteiger partial charge in [-0.05, 0) is 31.9 Å². The van der Waals surface area contributed by atoms with Crippen LogP contribution in [0.3, 0.4) is 0 Å². The largest absolute Gasteiger partial charge is 0.478 e. The smallest absolute Gasteiger partial charge is 0.426 e. The lowest BCUT2D eigenvalue weighted by Gasteiger charge is -2.31. The van der Waals surface area contributed by atoms with E-state index in [0.29, 0.717) is 6.42 Å². The first-order valence-corrected chi connectivity index (χ1v) is 6.15. The van der Waals surface area contributed by atoms with Crippen LogP contribution in [-0.4, -0.2) is 35.0 Å². The fraction of sp³-hybridized carbons (Fsp3) is 0.500. The minimum Gasteiger partial charge on any atom is -0.426 e. The number of hydrogen-bond acceptors (Lipinski definition) is 5. The Labute approximate surface area is 107 Å². The Bertz CT molecular complexity index is 402. The summed E-state index contributed by atoms with van der Waals surface area (Å²) in [6.45, 7) is 1.54. The van der Waals surface area contributed by atoms with Crippen LogP contribution in [0.5, 0.6) is 0 Å². The van der Waals surface area contributed by atoms with E-state index in [9.17, 15) is 9.82 Å². The molecule has 18 heavy (non-hydrogen) atoms. The summed E-state index contributed by atoms with van der Waals surface area (Å²) in [7, 11) is -0.898. The van der Waals surface area contributed by atoms with Crippen LogP contribution in [0, 0.1) is 0 Å². The summed E-state index contributed by atoms with van der Waals surface area (Å²) < 4.78 is 5.43. The van der Waals surface area contributed by atoms with E-state index in [1.54, 1.807) is 6.20 Å². The van der Waals surface area contributed by atoms with Gasteiger partial charge in [-0.3, -0.25) is 4.79 Å². The highest BCUT2D eigenvalue weighted by Crippen LogP contribution is 2.21. The highest BCUT2D eigenvalue weighted by molar-refractivity contribution is 6.46. The molecule has 0 amide bonds. The molecule has 2 rings (SSSR count). The van der Waals surface area contributed by atoms with Crippen molar-refractivity contribution < 1.29 is 14.5 Å². The van der Waals surface area contributed by atoms with Crippen LogP contribution in [0.1, 0.15) is 26.2 Å². The molecule has 0 radical (unpaired) electrons. The van der Waals surface area contributed by atoms with Crippen LogP contribution in [-0.2, 0) is 9.45 Å². The average Bonchev–Trinajstić information content (AvgIpc) is 2.33. The van der Waals surface area contributed by atoms with Gasteiger partial charge in [0.05, 0.1) is 5.94 Å². The Morgan fingerprint density at radius 1 is 1.61 bits per heavy atom. The number of carbonyl (C=O) groups is 1. The van der Waals surface area contributed by atoms with E-state index >= 15 is 0 Å². The minimum atomic E-state index is -0.898. The molecule has 0 aromatic carbocycles. The van der Waals surface area contributed by atoms with Gasteiger partial charge in [0.25, 0.3) is 0 Å². The number of rotatable bonds is 4. The van der Waals surface area contributed by atoms with Gasteiger partial charge in [-0.25, -0.2) is 4.98 Å². The minimum absolute atomic E-state index is 0.0864. The summed E-state index contributed by atoms with van der Waals surface area (Å²) in [5, 5.41) is 13.0. The molecule has 2 atom stereocenters. The number of ketones is 1. The van der Waals surface area contributed by atoms with Gasteiger partial charge >= 0.3 is 7.12 Å². The average molecular weight is 248 g/mol. The summed E-state index contributed by atoms with van der Waals surface area (Å²) in [6.07, 6.45) is 3.42. The van der Waals surface area contributed by atoms with Crippen molar-refractivity contribution >= 4 is 18.7 Å². The number of nitrogens with zero attached hydrogens (tertiary/aromatic N) is 1. The molecular weight excluding hydrogens is 231 g/mol. The van der Waals surface area contributed by atoms with Gasteiger partial charge in [-0.15, -0.1) is 0 Å². The summed E-state index contributed by atoms with van der Waals surface area (Å²) >= 11 is 0. The topological polar surface area (TPSA) is 71.5 Å². The third-order valence-electron chi connectivity index (χ3n) is 2.99. The molecule has 0 spiro atoms. The quantitative estimate of drug-likeness (QED) is 0.779. The van der Waals surface area contributed by atoms with Crippen LogP contribution < -0.4 is 5.32 Å². The zero-order valence-corrected chi connectivity index (χ0v) is 10.4. The normalized spacial score (nSPS) is 23.8. The first-order valence-electron chi connectivity index (χ1n) is 6.15. The van der Waals surface area contributed by atoms with E-state index in [1.807, 2.05) is 18.2 Å². The van der Waals surface area contributed by atoms with E-state index < -0.39 is 7.12 Å². The molecule has 0 unspecified atom stereocenters. The molecule has 1 aromatic rings. The Morgan fingerprint density at radius 3 is 3.06 bits per heavy atom. The van der Waals surface area contributed by atoms with Crippen molar-refractivity contribution in [3.63, 3.8) is 0 Å². The Kier molecular flexibility index (Phi) is 4.33. The van der Waals surface area contributed by atoms with E-state index in [2.05, 4.69) is 10.3 Å². The molecule has 1 aliphatic heterocycles. The summed E-state index contributed by atoms with van der Waals surface area (Å²) in [5.41, 5.74) is 0. The monoisotopic (exact) mass is 248 g/mol. The van der Waals surface area contributed by atoms with Crippen molar-refractivity contribution in [3.05, 3.63) is 24.4 Å². The summed E-state index contributed by atoms with van der Waals surface area (Å²) in [5.74, 6) is 0.626. The molecular formula is C12H17BN2O3. The highest BCUT2D eigenvalue weighted by Gasteiger charge is 2.35. The molecule has 5 nitrogen and oxygen atoms in total. The number of aromatic nitrogens is 1. The molecule has 1 fully saturated rings. The second-order valence-corrected chi connectivity index (χ2v) is 4.60. The number of carbonyl (C=O) groups excluding carboxylic acids is 1. The van der Waals surface area contributed by atoms with Gasteiger partial charge in [0.15, 0.2) is 0 Å². The van der Waals surface area contributed by atoms with Crippen LogP contribution in [0.2, 0.25) is 0 Å². The third-order valence-corrected chi connectivity index (χ3v) is 2.99. The van der Waals surface area contributed by atoms with Crippen LogP contribution >= 0.6 is 0 Å². The Morgan fingerprint density at radius 2 is 2.44 bits per heavy atom. The lowest BCUT2D eigenvalue weighted by molar-refractivity contribution is -0.118. The maximum atomic E-state index is 11.0. The lowest BCUT2D eigenvalue weighted by atomic mass is 9.72. The molecule has 1 saturated heterocycles. The van der Waals surface area contributed by atoms with Crippen molar-refractivity contribution in [2.45, 2.75) is 38.2 Å².